The van der Waals surface area contributed by atoms with Crippen molar-refractivity contribution in [2.45, 2.75) is 38.1 Å². The Morgan fingerprint density at radius 3 is 3.00 bits per heavy atom. The van der Waals surface area contributed by atoms with Gasteiger partial charge in [0.2, 0.25) is 11.8 Å². The molecule has 1 saturated carbocycles. The minimum atomic E-state index is -0.0504. The summed E-state index contributed by atoms with van der Waals surface area (Å²) in [5, 5.41) is 10.2. The third-order valence-corrected chi connectivity index (χ3v) is 5.16. The first-order chi connectivity index (χ1) is 12.0. The molecule has 2 amide bonds. The average Bonchev–Trinajstić information content (AvgIpc) is 3.28. The Balaban J connectivity index is 1.40. The van der Waals surface area contributed by atoms with Gasteiger partial charge in [-0.1, -0.05) is 12.1 Å². The van der Waals surface area contributed by atoms with Crippen molar-refractivity contribution in [2.24, 2.45) is 13.0 Å². The highest BCUT2D eigenvalue weighted by Crippen LogP contribution is 2.47. The van der Waals surface area contributed by atoms with Gasteiger partial charge in [0, 0.05) is 31.3 Å². The molecule has 3 atom stereocenters. The van der Waals surface area contributed by atoms with Crippen LogP contribution in [0.25, 0.3) is 0 Å². The number of hydrogen-bond acceptors (Lipinski definition) is 3. The van der Waals surface area contributed by atoms with E-state index in [1.807, 2.05) is 38.5 Å². The van der Waals surface area contributed by atoms with Gasteiger partial charge in [-0.3, -0.25) is 14.3 Å². The maximum absolute atomic E-state index is 12.5. The van der Waals surface area contributed by atoms with Crippen molar-refractivity contribution in [3.63, 3.8) is 0 Å². The van der Waals surface area contributed by atoms with Crippen LogP contribution in [-0.4, -0.2) is 21.6 Å². The lowest BCUT2D eigenvalue weighted by Gasteiger charge is -2.20. The predicted octanol–water partition coefficient (Wildman–Crippen LogP) is 2.29. The number of rotatable bonds is 4. The van der Waals surface area contributed by atoms with E-state index in [9.17, 15) is 9.59 Å². The van der Waals surface area contributed by atoms with Crippen LogP contribution in [-0.2, 0) is 23.1 Å². The number of benzene rings is 1. The van der Waals surface area contributed by atoms with Gasteiger partial charge in [-0.2, -0.15) is 5.10 Å². The SMILES string of the molecule is CC(NC(=O)C1CC1c1cnn(C)c1)c1ccc2c(c1)CCC(=O)N2. The zero-order valence-electron chi connectivity index (χ0n) is 14.5. The Labute approximate surface area is 146 Å². The van der Waals surface area contributed by atoms with Gasteiger partial charge in [0.05, 0.1) is 12.2 Å². The summed E-state index contributed by atoms with van der Waals surface area (Å²) in [4.78, 5) is 24.0. The fraction of sp³-hybridized carbons (Fsp3) is 0.421. The van der Waals surface area contributed by atoms with Crippen molar-refractivity contribution in [1.82, 2.24) is 15.1 Å². The molecule has 2 aliphatic rings. The van der Waals surface area contributed by atoms with E-state index in [0.717, 1.165) is 35.2 Å². The van der Waals surface area contributed by atoms with Crippen LogP contribution in [0, 0.1) is 5.92 Å². The molecular weight excluding hydrogens is 316 g/mol. The minimum absolute atomic E-state index is 0.0450. The maximum Gasteiger partial charge on any atom is 0.224 e. The molecule has 0 bridgehead atoms. The Morgan fingerprint density at radius 2 is 2.24 bits per heavy atom. The highest BCUT2D eigenvalue weighted by atomic mass is 16.2. The number of nitrogens with one attached hydrogen (secondary N) is 2. The maximum atomic E-state index is 12.5. The summed E-state index contributed by atoms with van der Waals surface area (Å²) < 4.78 is 1.77. The van der Waals surface area contributed by atoms with E-state index in [1.165, 1.54) is 0 Å². The number of fused-ring (bicyclic) bond motifs is 1. The highest BCUT2D eigenvalue weighted by molar-refractivity contribution is 5.94. The normalized spacial score (nSPS) is 22.7. The molecule has 6 nitrogen and oxygen atoms in total. The fourth-order valence-corrected chi connectivity index (χ4v) is 3.56. The van der Waals surface area contributed by atoms with Crippen LogP contribution in [0.3, 0.4) is 0 Å². The number of nitrogens with zero attached hydrogens (tertiary/aromatic N) is 2. The molecule has 1 aromatic carbocycles. The fourth-order valence-electron chi connectivity index (χ4n) is 3.56. The number of anilines is 1. The number of hydrogen-bond donors (Lipinski definition) is 2. The highest BCUT2D eigenvalue weighted by Gasteiger charge is 2.44. The molecule has 2 N–H and O–H groups in total. The number of carbonyl (C=O) groups is 2. The molecule has 2 heterocycles. The van der Waals surface area contributed by atoms with E-state index >= 15 is 0 Å². The Hall–Kier alpha value is -2.63. The second kappa shape index (κ2) is 6.02. The summed E-state index contributed by atoms with van der Waals surface area (Å²) in [7, 11) is 1.89. The second-order valence-electron chi connectivity index (χ2n) is 7.09. The first-order valence-electron chi connectivity index (χ1n) is 8.73. The van der Waals surface area contributed by atoms with Crippen LogP contribution in [0.1, 0.15) is 48.4 Å². The average molecular weight is 338 g/mol. The van der Waals surface area contributed by atoms with E-state index in [1.54, 1.807) is 4.68 Å². The lowest BCUT2D eigenvalue weighted by atomic mass is 9.97. The van der Waals surface area contributed by atoms with Gasteiger partial charge in [-0.25, -0.2) is 0 Å². The molecule has 1 aliphatic carbocycles. The molecule has 6 heteroatoms. The standard InChI is InChI=1S/C19H22N4O2/c1-11(12-3-5-17-13(7-12)4-6-18(24)22-17)21-19(25)16-8-15(16)14-9-20-23(2)10-14/h3,5,7,9-11,15-16H,4,6,8H2,1-2H3,(H,21,25)(H,22,24). The van der Waals surface area contributed by atoms with Crippen molar-refractivity contribution < 1.29 is 9.59 Å². The molecule has 1 aromatic heterocycles. The van der Waals surface area contributed by atoms with Crippen LogP contribution in [0.5, 0.6) is 0 Å². The van der Waals surface area contributed by atoms with E-state index in [0.29, 0.717) is 12.3 Å². The zero-order chi connectivity index (χ0) is 17.6. The van der Waals surface area contributed by atoms with Crippen molar-refractivity contribution in [2.75, 3.05) is 5.32 Å². The van der Waals surface area contributed by atoms with Crippen LogP contribution in [0.2, 0.25) is 0 Å². The van der Waals surface area contributed by atoms with Crippen molar-refractivity contribution in [3.05, 3.63) is 47.3 Å². The Morgan fingerprint density at radius 1 is 1.40 bits per heavy atom. The monoisotopic (exact) mass is 338 g/mol. The van der Waals surface area contributed by atoms with Crippen LogP contribution < -0.4 is 10.6 Å². The van der Waals surface area contributed by atoms with Gasteiger partial charge in [-0.05, 0) is 48.4 Å². The summed E-state index contributed by atoms with van der Waals surface area (Å²) in [5.41, 5.74) is 4.23. The smallest absolute Gasteiger partial charge is 0.224 e. The van der Waals surface area contributed by atoms with E-state index < -0.39 is 0 Å². The molecule has 0 spiro atoms. The molecular formula is C19H22N4O2. The lowest BCUT2D eigenvalue weighted by Crippen LogP contribution is -2.28. The topological polar surface area (TPSA) is 76.0 Å². The zero-order valence-corrected chi connectivity index (χ0v) is 14.5. The summed E-state index contributed by atoms with van der Waals surface area (Å²) in [5.74, 6) is 0.507. The molecule has 4 rings (SSSR count). The predicted molar refractivity (Wildman–Crippen MR) is 94.0 cm³/mol. The number of aromatic nitrogens is 2. The van der Waals surface area contributed by atoms with Gasteiger partial charge in [0.1, 0.15) is 0 Å². The van der Waals surface area contributed by atoms with Gasteiger partial charge in [-0.15, -0.1) is 0 Å². The summed E-state index contributed by atoms with van der Waals surface area (Å²) in [6.45, 7) is 2.00. The first kappa shape index (κ1) is 15.9. The number of carbonyl (C=O) groups excluding carboxylic acids is 2. The van der Waals surface area contributed by atoms with Crippen molar-refractivity contribution in [1.29, 1.82) is 0 Å². The van der Waals surface area contributed by atoms with Crippen molar-refractivity contribution in [3.8, 4) is 0 Å². The van der Waals surface area contributed by atoms with Crippen LogP contribution in [0.15, 0.2) is 30.6 Å². The lowest BCUT2D eigenvalue weighted by molar-refractivity contribution is -0.123. The van der Waals surface area contributed by atoms with E-state index in [-0.39, 0.29) is 23.8 Å². The molecule has 2 aromatic rings. The molecule has 1 aliphatic heterocycles. The summed E-state index contributed by atoms with van der Waals surface area (Å²) >= 11 is 0. The molecule has 0 radical (unpaired) electrons. The van der Waals surface area contributed by atoms with Gasteiger partial charge < -0.3 is 10.6 Å². The van der Waals surface area contributed by atoms with E-state index in [2.05, 4.69) is 21.8 Å². The molecule has 0 saturated heterocycles. The Kier molecular flexibility index (Phi) is 3.82. The van der Waals surface area contributed by atoms with Crippen molar-refractivity contribution >= 4 is 17.5 Å². The molecule has 1 fully saturated rings. The largest absolute Gasteiger partial charge is 0.349 e. The van der Waals surface area contributed by atoms with Crippen LogP contribution >= 0.6 is 0 Å². The van der Waals surface area contributed by atoms with Crippen LogP contribution in [0.4, 0.5) is 5.69 Å². The minimum Gasteiger partial charge on any atom is -0.349 e. The quantitative estimate of drug-likeness (QED) is 0.898. The first-order valence-corrected chi connectivity index (χ1v) is 8.73. The third kappa shape index (κ3) is 3.16. The van der Waals surface area contributed by atoms with Gasteiger partial charge in [0.25, 0.3) is 0 Å². The van der Waals surface area contributed by atoms with Gasteiger partial charge >= 0.3 is 0 Å². The number of amides is 2. The number of aryl methyl sites for hydroxylation is 2. The summed E-state index contributed by atoms with van der Waals surface area (Å²) in [6, 6.07) is 5.94. The van der Waals surface area contributed by atoms with E-state index in [4.69, 9.17) is 0 Å². The molecule has 25 heavy (non-hydrogen) atoms. The Bertz CT molecular complexity index is 842. The second-order valence-corrected chi connectivity index (χ2v) is 7.09. The molecule has 130 valence electrons. The van der Waals surface area contributed by atoms with Gasteiger partial charge in [0.15, 0.2) is 0 Å². The summed E-state index contributed by atoms with van der Waals surface area (Å²) in [6.07, 6.45) is 5.99. The third-order valence-electron chi connectivity index (χ3n) is 5.16. The molecule has 3 unspecified atom stereocenters.